The Labute approximate surface area is 135 Å². The predicted molar refractivity (Wildman–Crippen MR) is 86.0 cm³/mol. The molecule has 1 amide bonds. The zero-order valence-electron chi connectivity index (χ0n) is 13.5. The van der Waals surface area contributed by atoms with Gasteiger partial charge < -0.3 is 19.5 Å². The van der Waals surface area contributed by atoms with E-state index in [2.05, 4.69) is 11.4 Å². The van der Waals surface area contributed by atoms with E-state index in [1.807, 2.05) is 6.08 Å². The molecule has 0 unspecified atom stereocenters. The minimum Gasteiger partial charge on any atom is -0.493 e. The third-order valence-electron chi connectivity index (χ3n) is 3.83. The maximum Gasteiger partial charge on any atom is 0.340 e. The van der Waals surface area contributed by atoms with Gasteiger partial charge in [0.2, 0.25) is 5.91 Å². The van der Waals surface area contributed by atoms with Crippen LogP contribution in [0, 0.1) is 5.92 Å². The van der Waals surface area contributed by atoms with Crippen LogP contribution in [-0.2, 0) is 9.53 Å². The lowest BCUT2D eigenvalue weighted by atomic mass is 9.93. The lowest BCUT2D eigenvalue weighted by Gasteiger charge is -2.19. The fraction of sp³-hybridized carbons (Fsp3) is 0.412. The quantitative estimate of drug-likeness (QED) is 0.667. The normalized spacial score (nSPS) is 16.6. The van der Waals surface area contributed by atoms with Crippen LogP contribution in [0.5, 0.6) is 11.5 Å². The summed E-state index contributed by atoms with van der Waals surface area (Å²) in [5.41, 5.74) is 0.582. The molecule has 0 heterocycles. The molecule has 0 fully saturated rings. The van der Waals surface area contributed by atoms with Gasteiger partial charge in [-0.05, 0) is 19.3 Å². The van der Waals surface area contributed by atoms with Crippen molar-refractivity contribution in [3.63, 3.8) is 0 Å². The lowest BCUT2D eigenvalue weighted by Crippen LogP contribution is -2.24. The SMILES string of the molecule is COC(=O)c1cc(OC)c(OC)cc1NC(=O)[C@H]1CC=CCC1. The molecule has 1 aromatic carbocycles. The molecule has 0 aliphatic heterocycles. The molecule has 0 saturated heterocycles. The molecule has 1 aliphatic carbocycles. The summed E-state index contributed by atoms with van der Waals surface area (Å²) in [6, 6.07) is 3.07. The highest BCUT2D eigenvalue weighted by Gasteiger charge is 2.23. The van der Waals surface area contributed by atoms with Crippen molar-refractivity contribution in [3.8, 4) is 11.5 Å². The molecular formula is C17H21NO5. The monoisotopic (exact) mass is 319 g/mol. The maximum atomic E-state index is 12.4. The summed E-state index contributed by atoms with van der Waals surface area (Å²) in [5, 5.41) is 2.81. The van der Waals surface area contributed by atoms with E-state index in [4.69, 9.17) is 14.2 Å². The van der Waals surface area contributed by atoms with E-state index in [0.717, 1.165) is 12.8 Å². The molecular weight excluding hydrogens is 298 g/mol. The molecule has 0 aromatic heterocycles. The second-order valence-corrected chi connectivity index (χ2v) is 5.21. The van der Waals surface area contributed by atoms with Gasteiger partial charge in [-0.25, -0.2) is 4.79 Å². The van der Waals surface area contributed by atoms with Crippen LogP contribution < -0.4 is 14.8 Å². The molecule has 124 valence electrons. The van der Waals surface area contributed by atoms with Crippen LogP contribution in [-0.4, -0.2) is 33.2 Å². The third kappa shape index (κ3) is 3.83. The minimum atomic E-state index is -0.551. The highest BCUT2D eigenvalue weighted by Crippen LogP contribution is 2.34. The van der Waals surface area contributed by atoms with E-state index in [1.54, 1.807) is 6.07 Å². The van der Waals surface area contributed by atoms with Crippen molar-refractivity contribution in [2.24, 2.45) is 5.92 Å². The molecule has 1 atom stereocenters. The third-order valence-corrected chi connectivity index (χ3v) is 3.83. The van der Waals surface area contributed by atoms with Crippen LogP contribution in [0.15, 0.2) is 24.3 Å². The first-order valence-corrected chi connectivity index (χ1v) is 7.41. The number of amides is 1. The summed E-state index contributed by atoms with van der Waals surface area (Å²) in [6.07, 6.45) is 6.45. The summed E-state index contributed by atoms with van der Waals surface area (Å²) in [7, 11) is 4.26. The summed E-state index contributed by atoms with van der Waals surface area (Å²) < 4.78 is 15.2. The largest absolute Gasteiger partial charge is 0.493 e. The Morgan fingerprint density at radius 1 is 1.09 bits per heavy atom. The van der Waals surface area contributed by atoms with Gasteiger partial charge in [0.05, 0.1) is 32.6 Å². The van der Waals surface area contributed by atoms with Crippen LogP contribution in [0.3, 0.4) is 0 Å². The van der Waals surface area contributed by atoms with E-state index in [9.17, 15) is 9.59 Å². The van der Waals surface area contributed by atoms with Gasteiger partial charge in [0.25, 0.3) is 0 Å². The molecule has 0 saturated carbocycles. The van der Waals surface area contributed by atoms with Crippen molar-refractivity contribution in [1.29, 1.82) is 0 Å². The van der Waals surface area contributed by atoms with Crippen LogP contribution in [0.1, 0.15) is 29.6 Å². The Morgan fingerprint density at radius 3 is 2.35 bits per heavy atom. The van der Waals surface area contributed by atoms with Gasteiger partial charge in [0.15, 0.2) is 11.5 Å². The first-order valence-electron chi connectivity index (χ1n) is 7.41. The number of nitrogens with one attached hydrogen (secondary N) is 1. The topological polar surface area (TPSA) is 73.9 Å². The Kier molecular flexibility index (Phi) is 5.62. The molecule has 1 aliphatic rings. The molecule has 6 heteroatoms. The van der Waals surface area contributed by atoms with Gasteiger partial charge in [-0.3, -0.25) is 4.79 Å². The van der Waals surface area contributed by atoms with Crippen molar-refractivity contribution in [1.82, 2.24) is 0 Å². The van der Waals surface area contributed by atoms with Gasteiger partial charge in [0, 0.05) is 18.1 Å². The second-order valence-electron chi connectivity index (χ2n) is 5.21. The van der Waals surface area contributed by atoms with Crippen LogP contribution in [0.2, 0.25) is 0 Å². The number of rotatable bonds is 5. The fourth-order valence-electron chi connectivity index (χ4n) is 2.53. The Bertz CT molecular complexity index is 624. The number of ether oxygens (including phenoxy) is 3. The summed E-state index contributed by atoms with van der Waals surface area (Å²) in [4.78, 5) is 24.4. The van der Waals surface area contributed by atoms with E-state index >= 15 is 0 Å². The summed E-state index contributed by atoms with van der Waals surface area (Å²) in [6.45, 7) is 0. The minimum absolute atomic E-state index is 0.0985. The van der Waals surface area contributed by atoms with Crippen molar-refractivity contribution in [3.05, 3.63) is 29.8 Å². The standard InChI is InChI=1S/C17H21NO5/c1-21-14-9-12(17(20)23-3)13(10-15(14)22-2)18-16(19)11-7-5-4-6-8-11/h4-5,9-11H,6-8H2,1-3H3,(H,18,19)/t11-/m0/s1. The number of esters is 1. The van der Waals surface area contributed by atoms with Crippen LogP contribution in [0.4, 0.5) is 5.69 Å². The molecule has 1 aromatic rings. The lowest BCUT2D eigenvalue weighted by molar-refractivity contribution is -0.120. The smallest absolute Gasteiger partial charge is 0.340 e. The molecule has 1 N–H and O–H groups in total. The highest BCUT2D eigenvalue weighted by molar-refractivity contribution is 6.02. The molecule has 0 bridgehead atoms. The first-order chi connectivity index (χ1) is 11.1. The number of hydrogen-bond donors (Lipinski definition) is 1. The van der Waals surface area contributed by atoms with Gasteiger partial charge >= 0.3 is 5.97 Å². The first kappa shape index (κ1) is 16.9. The zero-order valence-corrected chi connectivity index (χ0v) is 13.5. The van der Waals surface area contributed by atoms with Gasteiger partial charge in [-0.1, -0.05) is 12.2 Å². The molecule has 23 heavy (non-hydrogen) atoms. The van der Waals surface area contributed by atoms with E-state index in [1.165, 1.54) is 27.4 Å². The van der Waals surface area contributed by atoms with Crippen LogP contribution in [0.25, 0.3) is 0 Å². The number of benzene rings is 1. The Hall–Kier alpha value is -2.50. The van der Waals surface area contributed by atoms with Crippen molar-refractivity contribution in [2.75, 3.05) is 26.6 Å². The van der Waals surface area contributed by atoms with Crippen LogP contribution >= 0.6 is 0 Å². The van der Waals surface area contributed by atoms with Gasteiger partial charge in [0.1, 0.15) is 0 Å². The van der Waals surface area contributed by atoms with E-state index < -0.39 is 5.97 Å². The molecule has 6 nitrogen and oxygen atoms in total. The second kappa shape index (κ2) is 7.67. The summed E-state index contributed by atoms with van der Waals surface area (Å²) in [5.74, 6) is 0.0561. The van der Waals surface area contributed by atoms with Crippen molar-refractivity contribution < 1.29 is 23.8 Å². The van der Waals surface area contributed by atoms with E-state index in [-0.39, 0.29) is 17.4 Å². The van der Waals surface area contributed by atoms with Gasteiger partial charge in [-0.2, -0.15) is 0 Å². The predicted octanol–water partition coefficient (Wildman–Crippen LogP) is 2.79. The Morgan fingerprint density at radius 2 is 1.78 bits per heavy atom. The average molecular weight is 319 g/mol. The number of allylic oxidation sites excluding steroid dienone is 2. The Balaban J connectivity index is 2.32. The summed E-state index contributed by atoms with van der Waals surface area (Å²) >= 11 is 0. The zero-order chi connectivity index (χ0) is 16.8. The van der Waals surface area contributed by atoms with Crippen molar-refractivity contribution in [2.45, 2.75) is 19.3 Å². The average Bonchev–Trinajstić information content (AvgIpc) is 2.61. The number of hydrogen-bond acceptors (Lipinski definition) is 5. The number of anilines is 1. The highest BCUT2D eigenvalue weighted by atomic mass is 16.5. The number of carbonyl (C=O) groups excluding carboxylic acids is 2. The van der Waals surface area contributed by atoms with Gasteiger partial charge in [-0.15, -0.1) is 0 Å². The molecule has 2 rings (SSSR count). The van der Waals surface area contributed by atoms with E-state index in [0.29, 0.717) is 23.6 Å². The maximum absolute atomic E-state index is 12.4. The fourth-order valence-corrected chi connectivity index (χ4v) is 2.53. The number of methoxy groups -OCH3 is 3. The molecule has 0 spiro atoms. The number of carbonyl (C=O) groups is 2. The molecule has 0 radical (unpaired) electrons. The van der Waals surface area contributed by atoms with Crippen molar-refractivity contribution >= 4 is 17.6 Å².